The largest absolute Gasteiger partial charge is 0.462 e. The summed E-state index contributed by atoms with van der Waals surface area (Å²) in [7, 11) is 0. The minimum atomic E-state index is -1.07. The minimum Gasteiger partial charge on any atom is -0.462 e. The van der Waals surface area contributed by atoms with Crippen LogP contribution in [-0.4, -0.2) is 50.1 Å². The van der Waals surface area contributed by atoms with Crippen molar-refractivity contribution >= 4 is 40.0 Å². The van der Waals surface area contributed by atoms with Gasteiger partial charge in [0.15, 0.2) is 11.9 Å². The molecule has 34 heavy (non-hydrogen) atoms. The maximum Gasteiger partial charge on any atom is 0.341 e. The predicted molar refractivity (Wildman–Crippen MR) is 125 cm³/mol. The van der Waals surface area contributed by atoms with Gasteiger partial charge in [0.1, 0.15) is 11.4 Å². The standard InChI is InChI=1S/C23H27N5O5S/c1-5-32-22(31)19-15-8-6-7-9-16(15)34-21(19)26-20(30)14(4)33-18(29)11-17-25-23-24-12(2)10-13(3)28(23)27-17/h10,14H,5-9,11H2,1-4H3,(H,26,30). The molecule has 10 nitrogen and oxygen atoms in total. The fourth-order valence-electron chi connectivity index (χ4n) is 3.99. The van der Waals surface area contributed by atoms with Crippen molar-refractivity contribution in [2.75, 3.05) is 11.9 Å². The van der Waals surface area contributed by atoms with Gasteiger partial charge in [0, 0.05) is 16.3 Å². The highest BCUT2D eigenvalue weighted by Crippen LogP contribution is 2.38. The van der Waals surface area contributed by atoms with Crippen LogP contribution in [0.25, 0.3) is 5.78 Å². The number of rotatable bonds is 7. The molecule has 0 fully saturated rings. The van der Waals surface area contributed by atoms with Gasteiger partial charge in [-0.15, -0.1) is 16.4 Å². The molecule has 3 aromatic heterocycles. The Morgan fingerprint density at radius 3 is 2.74 bits per heavy atom. The zero-order valence-corrected chi connectivity index (χ0v) is 20.5. The number of amides is 1. The summed E-state index contributed by atoms with van der Waals surface area (Å²) in [6, 6.07) is 1.86. The second-order valence-electron chi connectivity index (χ2n) is 8.21. The first-order chi connectivity index (χ1) is 16.3. The summed E-state index contributed by atoms with van der Waals surface area (Å²) >= 11 is 1.39. The Kier molecular flexibility index (Phi) is 6.92. The van der Waals surface area contributed by atoms with E-state index in [9.17, 15) is 14.4 Å². The van der Waals surface area contributed by atoms with Crippen LogP contribution < -0.4 is 5.32 Å². The summed E-state index contributed by atoms with van der Waals surface area (Å²) in [4.78, 5) is 47.5. The summed E-state index contributed by atoms with van der Waals surface area (Å²) in [5.74, 6) is -0.940. The Morgan fingerprint density at radius 1 is 1.21 bits per heavy atom. The van der Waals surface area contributed by atoms with Gasteiger partial charge in [-0.1, -0.05) is 0 Å². The number of ether oxygens (including phenoxy) is 2. The molecule has 0 aliphatic heterocycles. The number of nitrogens with zero attached hydrogens (tertiary/aromatic N) is 4. The second kappa shape index (κ2) is 9.88. The molecule has 11 heteroatoms. The lowest BCUT2D eigenvalue weighted by atomic mass is 9.95. The van der Waals surface area contributed by atoms with Crippen molar-refractivity contribution in [3.05, 3.63) is 39.3 Å². The van der Waals surface area contributed by atoms with Crippen LogP contribution in [0.5, 0.6) is 0 Å². The molecule has 180 valence electrons. The number of anilines is 1. The van der Waals surface area contributed by atoms with Crippen LogP contribution in [0.15, 0.2) is 6.07 Å². The third kappa shape index (κ3) is 4.93. The zero-order chi connectivity index (χ0) is 24.4. The van der Waals surface area contributed by atoms with Crippen molar-refractivity contribution in [3.8, 4) is 0 Å². The maximum absolute atomic E-state index is 12.8. The van der Waals surface area contributed by atoms with E-state index in [2.05, 4.69) is 20.4 Å². The molecule has 1 aliphatic rings. The highest BCUT2D eigenvalue weighted by Gasteiger charge is 2.29. The Morgan fingerprint density at radius 2 is 1.97 bits per heavy atom. The monoisotopic (exact) mass is 485 g/mol. The predicted octanol–water partition coefficient (Wildman–Crippen LogP) is 2.97. The van der Waals surface area contributed by atoms with Gasteiger partial charge in [0.05, 0.1) is 12.2 Å². The van der Waals surface area contributed by atoms with Crippen molar-refractivity contribution in [3.63, 3.8) is 0 Å². The fraction of sp³-hybridized carbons (Fsp3) is 0.478. The topological polar surface area (TPSA) is 125 Å². The third-order valence-corrected chi connectivity index (χ3v) is 6.74. The average Bonchev–Trinajstić information content (AvgIpc) is 3.34. The van der Waals surface area contributed by atoms with Crippen LogP contribution in [0.4, 0.5) is 5.00 Å². The molecule has 0 saturated heterocycles. The lowest BCUT2D eigenvalue weighted by molar-refractivity contribution is -0.152. The van der Waals surface area contributed by atoms with Crippen LogP contribution in [0.3, 0.4) is 0 Å². The summed E-state index contributed by atoms with van der Waals surface area (Å²) in [6.45, 7) is 7.20. The van der Waals surface area contributed by atoms with Crippen LogP contribution >= 0.6 is 11.3 Å². The van der Waals surface area contributed by atoms with Gasteiger partial charge in [-0.25, -0.2) is 14.3 Å². The Hall–Kier alpha value is -3.34. The van der Waals surface area contributed by atoms with E-state index in [1.165, 1.54) is 18.3 Å². The Balaban J connectivity index is 1.43. The van der Waals surface area contributed by atoms with Crippen molar-refractivity contribution in [2.24, 2.45) is 0 Å². The summed E-state index contributed by atoms with van der Waals surface area (Å²) < 4.78 is 12.1. The molecule has 0 bridgehead atoms. The van der Waals surface area contributed by atoms with Gasteiger partial charge in [-0.3, -0.25) is 9.59 Å². The van der Waals surface area contributed by atoms with Crippen LogP contribution in [0, 0.1) is 13.8 Å². The number of fused-ring (bicyclic) bond motifs is 2. The van der Waals surface area contributed by atoms with E-state index in [4.69, 9.17) is 9.47 Å². The van der Waals surface area contributed by atoms with Gasteiger partial charge in [0.2, 0.25) is 0 Å². The molecule has 1 atom stereocenters. The lowest BCUT2D eigenvalue weighted by Gasteiger charge is -2.14. The van der Waals surface area contributed by atoms with E-state index in [-0.39, 0.29) is 18.9 Å². The van der Waals surface area contributed by atoms with Crippen molar-refractivity contribution < 1.29 is 23.9 Å². The van der Waals surface area contributed by atoms with E-state index >= 15 is 0 Å². The van der Waals surface area contributed by atoms with Crippen molar-refractivity contribution in [2.45, 2.75) is 65.9 Å². The van der Waals surface area contributed by atoms with Crippen LogP contribution in [0.2, 0.25) is 0 Å². The average molecular weight is 486 g/mol. The molecule has 4 rings (SSSR count). The third-order valence-electron chi connectivity index (χ3n) is 5.53. The van der Waals surface area contributed by atoms with Crippen LogP contribution in [0.1, 0.15) is 64.7 Å². The smallest absolute Gasteiger partial charge is 0.341 e. The van der Waals surface area contributed by atoms with Crippen LogP contribution in [-0.2, 0) is 38.3 Å². The van der Waals surface area contributed by atoms with Gasteiger partial charge < -0.3 is 14.8 Å². The van der Waals surface area contributed by atoms with Crippen molar-refractivity contribution in [1.29, 1.82) is 0 Å². The number of esters is 2. The summed E-state index contributed by atoms with van der Waals surface area (Å²) in [5, 5.41) is 7.50. The Bertz CT molecular complexity index is 1260. The summed E-state index contributed by atoms with van der Waals surface area (Å²) in [5.41, 5.74) is 3.01. The van der Waals surface area contributed by atoms with E-state index in [1.807, 2.05) is 19.9 Å². The molecule has 1 N–H and O–H groups in total. The Labute approximate surface area is 200 Å². The maximum atomic E-state index is 12.8. The molecule has 0 spiro atoms. The second-order valence-corrected chi connectivity index (χ2v) is 9.32. The molecule has 3 aromatic rings. The van der Waals surface area contributed by atoms with Gasteiger partial charge in [0.25, 0.3) is 11.7 Å². The normalized spacial score (nSPS) is 13.9. The number of carbonyl (C=O) groups is 3. The molecule has 1 unspecified atom stereocenters. The van der Waals surface area contributed by atoms with Gasteiger partial charge in [-0.05, 0) is 65.0 Å². The molecule has 0 aromatic carbocycles. The minimum absolute atomic E-state index is 0.194. The molecule has 0 saturated carbocycles. The highest BCUT2D eigenvalue weighted by molar-refractivity contribution is 7.17. The first kappa shape index (κ1) is 23.8. The first-order valence-electron chi connectivity index (χ1n) is 11.3. The quantitative estimate of drug-likeness (QED) is 0.507. The lowest BCUT2D eigenvalue weighted by Crippen LogP contribution is -2.31. The zero-order valence-electron chi connectivity index (χ0n) is 19.6. The number of hydrogen-bond acceptors (Lipinski definition) is 9. The van der Waals surface area contributed by atoms with Gasteiger partial charge >= 0.3 is 11.9 Å². The number of hydrogen-bond donors (Lipinski definition) is 1. The van der Waals surface area contributed by atoms with E-state index < -0.39 is 23.9 Å². The van der Waals surface area contributed by atoms with Crippen molar-refractivity contribution in [1.82, 2.24) is 19.6 Å². The molecular formula is C23H27N5O5S. The molecule has 0 radical (unpaired) electrons. The number of aryl methyl sites for hydroxylation is 3. The van der Waals surface area contributed by atoms with Gasteiger partial charge in [-0.2, -0.15) is 4.98 Å². The molecule has 3 heterocycles. The SMILES string of the molecule is CCOC(=O)c1c(NC(=O)C(C)OC(=O)Cc2nc3nc(C)cc(C)n3n2)sc2c1CCCC2. The van der Waals surface area contributed by atoms with E-state index in [0.717, 1.165) is 47.5 Å². The number of carbonyl (C=O) groups excluding carboxylic acids is 3. The molecular weight excluding hydrogens is 458 g/mol. The number of nitrogens with one attached hydrogen (secondary N) is 1. The number of aromatic nitrogens is 4. The summed E-state index contributed by atoms with van der Waals surface area (Å²) in [6.07, 6.45) is 2.42. The number of thiophene rings is 1. The fourth-order valence-corrected chi connectivity index (χ4v) is 5.27. The molecule has 1 aliphatic carbocycles. The van der Waals surface area contributed by atoms with E-state index in [1.54, 1.807) is 11.4 Å². The first-order valence-corrected chi connectivity index (χ1v) is 12.1. The van der Waals surface area contributed by atoms with E-state index in [0.29, 0.717) is 16.3 Å². The highest BCUT2D eigenvalue weighted by atomic mass is 32.1. The molecule has 1 amide bonds.